The highest BCUT2D eigenvalue weighted by atomic mass is 19.1. The second-order valence-corrected chi connectivity index (χ2v) is 6.84. The summed E-state index contributed by atoms with van der Waals surface area (Å²) < 4.78 is 26.7. The Hall–Kier alpha value is -0.960. The Labute approximate surface area is 120 Å². The third-order valence-electron chi connectivity index (χ3n) is 4.78. The van der Waals surface area contributed by atoms with Crippen LogP contribution in [0.15, 0.2) is 18.2 Å². The van der Waals surface area contributed by atoms with Gasteiger partial charge in [0.25, 0.3) is 0 Å². The van der Waals surface area contributed by atoms with Crippen LogP contribution in [0.4, 0.5) is 8.78 Å². The van der Waals surface area contributed by atoms with Gasteiger partial charge < -0.3 is 5.32 Å². The molecule has 1 saturated carbocycles. The average molecular weight is 281 g/mol. The Morgan fingerprint density at radius 2 is 1.90 bits per heavy atom. The van der Waals surface area contributed by atoms with Gasteiger partial charge in [0.1, 0.15) is 11.6 Å². The van der Waals surface area contributed by atoms with Gasteiger partial charge in [-0.3, -0.25) is 0 Å². The Balaban J connectivity index is 2.02. The molecule has 1 nitrogen and oxygen atoms in total. The molecule has 1 atom stereocenters. The topological polar surface area (TPSA) is 12.0 Å². The largest absolute Gasteiger partial charge is 0.316 e. The lowest BCUT2D eigenvalue weighted by Crippen LogP contribution is -2.39. The first kappa shape index (κ1) is 15.4. The van der Waals surface area contributed by atoms with Crippen molar-refractivity contribution < 1.29 is 8.78 Å². The predicted octanol–water partition coefficient (Wildman–Crippen LogP) is 4.31. The summed E-state index contributed by atoms with van der Waals surface area (Å²) in [5.74, 6) is -0.356. The molecule has 3 heteroatoms. The molecule has 1 aliphatic carbocycles. The van der Waals surface area contributed by atoms with Crippen LogP contribution in [0.2, 0.25) is 0 Å². The summed E-state index contributed by atoms with van der Waals surface area (Å²) in [5, 5.41) is 3.33. The van der Waals surface area contributed by atoms with Crippen LogP contribution in [0.5, 0.6) is 0 Å². The zero-order valence-electron chi connectivity index (χ0n) is 12.7. The Morgan fingerprint density at radius 3 is 2.45 bits per heavy atom. The third kappa shape index (κ3) is 3.78. The van der Waals surface area contributed by atoms with E-state index in [1.54, 1.807) is 6.07 Å². The smallest absolute Gasteiger partial charge is 0.129 e. The molecule has 0 amide bonds. The normalized spacial score (nSPS) is 20.9. The van der Waals surface area contributed by atoms with Crippen molar-refractivity contribution in [3.05, 3.63) is 35.4 Å². The molecular weight excluding hydrogens is 256 g/mol. The number of likely N-dealkylation sites (N-methyl/N-ethyl adjacent to an activating group) is 1. The highest BCUT2D eigenvalue weighted by molar-refractivity contribution is 5.20. The lowest BCUT2D eigenvalue weighted by atomic mass is 9.70. The number of benzene rings is 1. The van der Waals surface area contributed by atoms with E-state index in [1.165, 1.54) is 31.7 Å². The van der Waals surface area contributed by atoms with Crippen LogP contribution >= 0.6 is 0 Å². The minimum absolute atomic E-state index is 0.270. The molecule has 1 aromatic rings. The fraction of sp³-hybridized carbons (Fsp3) is 0.647. The molecule has 20 heavy (non-hydrogen) atoms. The van der Waals surface area contributed by atoms with Gasteiger partial charge in [-0.25, -0.2) is 8.78 Å². The number of nitrogens with one attached hydrogen (secondary N) is 1. The summed E-state index contributed by atoms with van der Waals surface area (Å²) in [6.07, 6.45) is 5.44. The number of halogens is 2. The van der Waals surface area contributed by atoms with Crippen molar-refractivity contribution in [3.63, 3.8) is 0 Å². The van der Waals surface area contributed by atoms with E-state index in [9.17, 15) is 8.78 Å². The van der Waals surface area contributed by atoms with Crippen molar-refractivity contribution in [2.45, 2.75) is 52.0 Å². The number of hydrogen-bond donors (Lipinski definition) is 1. The van der Waals surface area contributed by atoms with Crippen LogP contribution in [0.3, 0.4) is 0 Å². The molecule has 1 N–H and O–H groups in total. The van der Waals surface area contributed by atoms with Crippen molar-refractivity contribution in [3.8, 4) is 0 Å². The van der Waals surface area contributed by atoms with Crippen molar-refractivity contribution in [1.82, 2.24) is 5.32 Å². The number of hydrogen-bond acceptors (Lipinski definition) is 1. The summed E-state index contributed by atoms with van der Waals surface area (Å²) in [5.41, 5.74) is 1.05. The molecule has 0 spiro atoms. The maximum absolute atomic E-state index is 13.8. The Morgan fingerprint density at radius 1 is 1.25 bits per heavy atom. The van der Waals surface area contributed by atoms with Gasteiger partial charge in [0, 0.05) is 12.1 Å². The molecule has 112 valence electrons. The van der Waals surface area contributed by atoms with Gasteiger partial charge in [0.15, 0.2) is 0 Å². The first-order chi connectivity index (χ1) is 9.41. The molecule has 0 radical (unpaired) electrons. The average Bonchev–Trinajstić information content (AvgIpc) is 2.39. The fourth-order valence-electron chi connectivity index (χ4n) is 3.25. The van der Waals surface area contributed by atoms with Crippen LogP contribution in [-0.4, -0.2) is 13.1 Å². The van der Waals surface area contributed by atoms with Crippen LogP contribution in [0.1, 0.15) is 45.1 Å². The van der Waals surface area contributed by atoms with Gasteiger partial charge >= 0.3 is 0 Å². The van der Waals surface area contributed by atoms with Crippen LogP contribution in [-0.2, 0) is 6.42 Å². The molecule has 1 unspecified atom stereocenters. The van der Waals surface area contributed by atoms with Gasteiger partial charge in [0.05, 0.1) is 0 Å². The van der Waals surface area contributed by atoms with Gasteiger partial charge in [-0.1, -0.05) is 19.9 Å². The van der Waals surface area contributed by atoms with Crippen LogP contribution in [0, 0.1) is 23.0 Å². The predicted molar refractivity (Wildman–Crippen MR) is 78.6 cm³/mol. The van der Waals surface area contributed by atoms with Crippen molar-refractivity contribution in [2.24, 2.45) is 11.3 Å². The summed E-state index contributed by atoms with van der Waals surface area (Å²) in [7, 11) is 1.94. The SMILES string of the molecule is CNC(Cc1ccc(F)cc1F)C1CCC(C)(C)CC1. The molecule has 0 aromatic heterocycles. The monoisotopic (exact) mass is 281 g/mol. The van der Waals surface area contributed by atoms with Crippen LogP contribution < -0.4 is 5.32 Å². The minimum atomic E-state index is -0.508. The maximum Gasteiger partial charge on any atom is 0.129 e. The van der Waals surface area contributed by atoms with Crippen molar-refractivity contribution >= 4 is 0 Å². The van der Waals surface area contributed by atoms with E-state index in [2.05, 4.69) is 19.2 Å². The van der Waals surface area contributed by atoms with E-state index < -0.39 is 11.6 Å². The third-order valence-corrected chi connectivity index (χ3v) is 4.78. The van der Waals surface area contributed by atoms with Crippen LogP contribution in [0.25, 0.3) is 0 Å². The molecule has 0 bridgehead atoms. The summed E-state index contributed by atoms with van der Waals surface area (Å²) in [6.45, 7) is 4.63. The summed E-state index contributed by atoms with van der Waals surface area (Å²) >= 11 is 0. The molecule has 0 heterocycles. The molecule has 0 saturated heterocycles. The van der Waals surface area contributed by atoms with Gasteiger partial charge in [-0.2, -0.15) is 0 Å². The van der Waals surface area contributed by atoms with E-state index in [0.717, 1.165) is 6.07 Å². The highest BCUT2D eigenvalue weighted by Gasteiger charge is 2.31. The van der Waals surface area contributed by atoms with Gasteiger partial charge in [0.2, 0.25) is 0 Å². The summed E-state index contributed by atoms with van der Waals surface area (Å²) in [6, 6.07) is 4.16. The quantitative estimate of drug-likeness (QED) is 0.867. The lowest BCUT2D eigenvalue weighted by molar-refractivity contribution is 0.163. The highest BCUT2D eigenvalue weighted by Crippen LogP contribution is 2.39. The van der Waals surface area contributed by atoms with E-state index in [-0.39, 0.29) is 6.04 Å². The van der Waals surface area contributed by atoms with Crippen molar-refractivity contribution in [1.29, 1.82) is 0 Å². The van der Waals surface area contributed by atoms with Gasteiger partial charge in [-0.05, 0) is 62.1 Å². The molecule has 0 aliphatic heterocycles. The fourth-order valence-corrected chi connectivity index (χ4v) is 3.25. The van der Waals surface area contributed by atoms with E-state index in [1.807, 2.05) is 7.05 Å². The first-order valence-electron chi connectivity index (χ1n) is 7.52. The van der Waals surface area contributed by atoms with Crippen molar-refractivity contribution in [2.75, 3.05) is 7.05 Å². The van der Waals surface area contributed by atoms with Gasteiger partial charge in [-0.15, -0.1) is 0 Å². The minimum Gasteiger partial charge on any atom is -0.316 e. The summed E-state index contributed by atoms with van der Waals surface area (Å²) in [4.78, 5) is 0. The molecule has 1 fully saturated rings. The maximum atomic E-state index is 13.8. The Kier molecular flexibility index (Phi) is 4.79. The molecule has 2 rings (SSSR count). The van der Waals surface area contributed by atoms with E-state index in [0.29, 0.717) is 23.3 Å². The molecule has 1 aliphatic rings. The second kappa shape index (κ2) is 6.21. The first-order valence-corrected chi connectivity index (χ1v) is 7.52. The number of rotatable bonds is 4. The molecule has 1 aromatic carbocycles. The lowest BCUT2D eigenvalue weighted by Gasteiger charge is -2.38. The second-order valence-electron chi connectivity index (χ2n) is 6.84. The van der Waals surface area contributed by atoms with E-state index >= 15 is 0 Å². The standard InChI is InChI=1S/C17H25F2N/c1-17(2)8-6-12(7-9-17)16(20-3)10-13-4-5-14(18)11-15(13)19/h4-5,11-12,16,20H,6-10H2,1-3H3. The van der Waals surface area contributed by atoms with E-state index in [4.69, 9.17) is 0 Å². The molecular formula is C17H25F2N. The Bertz CT molecular complexity index is 446. The zero-order chi connectivity index (χ0) is 14.8. The zero-order valence-corrected chi connectivity index (χ0v) is 12.7.